The Morgan fingerprint density at radius 1 is 1.14 bits per heavy atom. The summed E-state index contributed by atoms with van der Waals surface area (Å²) in [7, 11) is 0. The van der Waals surface area contributed by atoms with Crippen molar-refractivity contribution in [3.8, 4) is 11.5 Å². The van der Waals surface area contributed by atoms with Gasteiger partial charge in [-0.05, 0) is 69.8 Å². The lowest BCUT2D eigenvalue weighted by Gasteiger charge is -2.45. The molecule has 2 aromatic carbocycles. The van der Waals surface area contributed by atoms with Crippen molar-refractivity contribution in [1.29, 1.82) is 0 Å². The lowest BCUT2D eigenvalue weighted by atomic mass is 9.68. The summed E-state index contributed by atoms with van der Waals surface area (Å²) in [4.78, 5) is 23.7. The molecule has 1 amide bonds. The second-order valence-electron chi connectivity index (χ2n) is 10.2. The molecule has 2 unspecified atom stereocenters. The fraction of sp³-hybridized carbons (Fsp3) is 0.517. The molecule has 0 radical (unpaired) electrons. The van der Waals surface area contributed by atoms with E-state index in [1.165, 1.54) is 12.5 Å². The predicted octanol–water partition coefficient (Wildman–Crippen LogP) is 5.60. The van der Waals surface area contributed by atoms with Crippen molar-refractivity contribution in [1.82, 2.24) is 5.32 Å². The number of benzene rings is 2. The summed E-state index contributed by atoms with van der Waals surface area (Å²) < 4.78 is 12.0. The van der Waals surface area contributed by atoms with E-state index in [-0.39, 0.29) is 36.0 Å². The van der Waals surface area contributed by atoms with Crippen LogP contribution in [0.15, 0.2) is 42.5 Å². The lowest BCUT2D eigenvalue weighted by Crippen LogP contribution is -2.45. The van der Waals surface area contributed by atoms with Gasteiger partial charge in [0, 0.05) is 49.3 Å². The van der Waals surface area contributed by atoms with Gasteiger partial charge >= 0.3 is 5.97 Å². The lowest BCUT2D eigenvalue weighted by molar-refractivity contribution is -0.132. The van der Waals surface area contributed by atoms with E-state index in [9.17, 15) is 9.59 Å². The zero-order chi connectivity index (χ0) is 24.9. The van der Waals surface area contributed by atoms with Crippen LogP contribution in [0.1, 0.15) is 76.8 Å². The summed E-state index contributed by atoms with van der Waals surface area (Å²) in [6, 6.07) is 14.8. The Kier molecular flexibility index (Phi) is 7.99. The normalized spacial score (nSPS) is 23.8. The summed E-state index contributed by atoms with van der Waals surface area (Å²) in [5.74, 6) is 1.56. The van der Waals surface area contributed by atoms with Crippen LogP contribution in [-0.2, 0) is 16.0 Å². The first-order valence-corrected chi connectivity index (χ1v) is 12.9. The molecular formula is C29H38N2O4. The molecule has 0 bridgehead atoms. The smallest absolute Gasteiger partial charge is 0.308 e. The zero-order valence-corrected chi connectivity index (χ0v) is 21.3. The van der Waals surface area contributed by atoms with Gasteiger partial charge in [-0.1, -0.05) is 30.3 Å². The van der Waals surface area contributed by atoms with Crippen LogP contribution in [-0.4, -0.2) is 30.1 Å². The van der Waals surface area contributed by atoms with Crippen molar-refractivity contribution in [2.24, 2.45) is 5.92 Å². The van der Waals surface area contributed by atoms with Crippen molar-refractivity contribution in [2.45, 2.75) is 90.3 Å². The number of ether oxygens (including phenoxy) is 2. The molecule has 1 saturated carbocycles. The number of rotatable bonds is 8. The SMILES string of the molecule is CC(=O)N[C@@H]1CC[C@@H]2C(C1)c1c(cc(OC(C)CCCc3ccccc3)cc1OC(C)=O)N[C@H]2C. The zero-order valence-electron chi connectivity index (χ0n) is 21.3. The van der Waals surface area contributed by atoms with Crippen LogP contribution < -0.4 is 20.1 Å². The number of amides is 1. The Bertz CT molecular complexity index is 1040. The molecular weight excluding hydrogens is 440 g/mol. The van der Waals surface area contributed by atoms with E-state index < -0.39 is 0 Å². The van der Waals surface area contributed by atoms with E-state index in [4.69, 9.17) is 9.47 Å². The van der Waals surface area contributed by atoms with Gasteiger partial charge in [-0.2, -0.15) is 0 Å². The van der Waals surface area contributed by atoms with Gasteiger partial charge < -0.3 is 20.1 Å². The standard InChI is InChI=1S/C29H38N2O4/c1-18(9-8-12-22-10-6-5-7-11-22)34-24-16-27-29(28(17-24)35-21(4)33)26-15-23(31-20(3)32)13-14-25(26)19(2)30-27/h5-7,10-11,16-19,23,25-26,30H,8-9,12-15H2,1-4H3,(H,31,32)/t18?,19-,23+,25-,26?/m0/s1. The van der Waals surface area contributed by atoms with E-state index in [2.05, 4.69) is 48.7 Å². The average molecular weight is 479 g/mol. The van der Waals surface area contributed by atoms with E-state index in [1.807, 2.05) is 18.2 Å². The number of aryl methyl sites for hydroxylation is 1. The topological polar surface area (TPSA) is 76.7 Å². The Hall–Kier alpha value is -3.02. The molecule has 2 aliphatic rings. The molecule has 1 fully saturated rings. The third kappa shape index (κ3) is 6.36. The molecule has 188 valence electrons. The van der Waals surface area contributed by atoms with Gasteiger partial charge in [-0.25, -0.2) is 0 Å². The summed E-state index contributed by atoms with van der Waals surface area (Å²) in [6.45, 7) is 7.30. The monoisotopic (exact) mass is 478 g/mol. The molecule has 2 aromatic rings. The first-order valence-electron chi connectivity index (χ1n) is 12.9. The summed E-state index contributed by atoms with van der Waals surface area (Å²) in [5, 5.41) is 6.75. The number of anilines is 1. The fourth-order valence-corrected chi connectivity index (χ4v) is 5.84. The van der Waals surface area contributed by atoms with Gasteiger partial charge in [-0.3, -0.25) is 9.59 Å². The van der Waals surface area contributed by atoms with Gasteiger partial charge in [0.1, 0.15) is 11.5 Å². The molecule has 6 nitrogen and oxygen atoms in total. The van der Waals surface area contributed by atoms with Crippen LogP contribution in [0.4, 0.5) is 5.69 Å². The molecule has 4 rings (SSSR count). The minimum Gasteiger partial charge on any atom is -0.491 e. The van der Waals surface area contributed by atoms with Crippen molar-refractivity contribution < 1.29 is 19.1 Å². The minimum atomic E-state index is -0.343. The van der Waals surface area contributed by atoms with Crippen LogP contribution >= 0.6 is 0 Å². The molecule has 0 spiro atoms. The Morgan fingerprint density at radius 2 is 1.91 bits per heavy atom. The van der Waals surface area contributed by atoms with Crippen LogP contribution in [0, 0.1) is 5.92 Å². The fourth-order valence-electron chi connectivity index (χ4n) is 5.84. The number of carbonyl (C=O) groups is 2. The maximum Gasteiger partial charge on any atom is 0.308 e. The molecule has 35 heavy (non-hydrogen) atoms. The number of fused-ring (bicyclic) bond motifs is 3. The highest BCUT2D eigenvalue weighted by atomic mass is 16.5. The van der Waals surface area contributed by atoms with E-state index in [0.717, 1.165) is 49.8 Å². The average Bonchev–Trinajstić information content (AvgIpc) is 2.78. The molecule has 2 N–H and O–H groups in total. The van der Waals surface area contributed by atoms with Crippen molar-refractivity contribution in [2.75, 3.05) is 5.32 Å². The van der Waals surface area contributed by atoms with Crippen LogP contribution in [0.2, 0.25) is 0 Å². The second kappa shape index (κ2) is 11.1. The minimum absolute atomic E-state index is 0.000802. The third-order valence-corrected chi connectivity index (χ3v) is 7.33. The Morgan fingerprint density at radius 3 is 2.63 bits per heavy atom. The van der Waals surface area contributed by atoms with Crippen molar-refractivity contribution in [3.05, 3.63) is 53.6 Å². The van der Waals surface area contributed by atoms with Gasteiger partial charge in [0.25, 0.3) is 0 Å². The Balaban J connectivity index is 1.52. The summed E-state index contributed by atoms with van der Waals surface area (Å²) >= 11 is 0. The maximum absolute atomic E-state index is 12.0. The largest absolute Gasteiger partial charge is 0.491 e. The van der Waals surface area contributed by atoms with Crippen LogP contribution in [0.25, 0.3) is 0 Å². The van der Waals surface area contributed by atoms with Crippen molar-refractivity contribution in [3.63, 3.8) is 0 Å². The number of hydrogen-bond donors (Lipinski definition) is 2. The molecule has 1 heterocycles. The summed E-state index contributed by atoms with van der Waals surface area (Å²) in [6.07, 6.45) is 5.85. The molecule has 1 aliphatic heterocycles. The van der Waals surface area contributed by atoms with E-state index in [0.29, 0.717) is 17.4 Å². The molecule has 5 atom stereocenters. The summed E-state index contributed by atoms with van der Waals surface area (Å²) in [5.41, 5.74) is 3.33. The second-order valence-corrected chi connectivity index (χ2v) is 10.2. The van der Waals surface area contributed by atoms with Gasteiger partial charge in [0.15, 0.2) is 0 Å². The number of esters is 1. The van der Waals surface area contributed by atoms with Crippen LogP contribution in [0.3, 0.4) is 0 Å². The first-order chi connectivity index (χ1) is 16.8. The number of hydrogen-bond acceptors (Lipinski definition) is 5. The third-order valence-electron chi connectivity index (χ3n) is 7.33. The maximum atomic E-state index is 12.0. The highest BCUT2D eigenvalue weighted by Gasteiger charge is 2.41. The molecule has 1 aliphatic carbocycles. The highest BCUT2D eigenvalue weighted by Crippen LogP contribution is 2.51. The van der Waals surface area contributed by atoms with Crippen molar-refractivity contribution >= 4 is 17.6 Å². The van der Waals surface area contributed by atoms with E-state index in [1.54, 1.807) is 6.92 Å². The van der Waals surface area contributed by atoms with E-state index >= 15 is 0 Å². The Labute approximate surface area is 208 Å². The highest BCUT2D eigenvalue weighted by molar-refractivity contribution is 5.74. The predicted molar refractivity (Wildman–Crippen MR) is 138 cm³/mol. The van der Waals surface area contributed by atoms with Gasteiger partial charge in [0.05, 0.1) is 6.10 Å². The molecule has 6 heteroatoms. The first kappa shape index (κ1) is 25.1. The van der Waals surface area contributed by atoms with Crippen LogP contribution in [0.5, 0.6) is 11.5 Å². The number of nitrogens with one attached hydrogen (secondary N) is 2. The molecule has 0 aromatic heterocycles. The van der Waals surface area contributed by atoms with Gasteiger partial charge in [-0.15, -0.1) is 0 Å². The van der Waals surface area contributed by atoms with Gasteiger partial charge in [0.2, 0.25) is 5.91 Å². The molecule has 0 saturated heterocycles. The quantitative estimate of drug-likeness (QED) is 0.381. The number of carbonyl (C=O) groups excluding carboxylic acids is 2.